The van der Waals surface area contributed by atoms with E-state index in [0.29, 0.717) is 12.2 Å². The van der Waals surface area contributed by atoms with E-state index < -0.39 is 0 Å². The molecule has 0 N–H and O–H groups in total. The van der Waals surface area contributed by atoms with Crippen LogP contribution in [0.3, 0.4) is 0 Å². The lowest BCUT2D eigenvalue weighted by Gasteiger charge is -2.03. The largest absolute Gasteiger partial charge is 0.299 e. The van der Waals surface area contributed by atoms with Crippen molar-refractivity contribution in [2.75, 3.05) is 0 Å². The van der Waals surface area contributed by atoms with Crippen LogP contribution in [-0.4, -0.2) is 5.78 Å². The minimum Gasteiger partial charge on any atom is -0.299 e. The molecule has 0 saturated heterocycles. The van der Waals surface area contributed by atoms with Gasteiger partial charge in [0.2, 0.25) is 0 Å². The molecule has 2 heteroatoms. The maximum Gasteiger partial charge on any atom is 0.137 e. The average Bonchev–Trinajstić information content (AvgIpc) is 3.02. The van der Waals surface area contributed by atoms with E-state index in [2.05, 4.69) is 15.9 Å². The molecule has 0 amide bonds. The number of carbonyl (C=O) groups is 1. The molecule has 1 fully saturated rings. The van der Waals surface area contributed by atoms with Gasteiger partial charge in [-0.2, -0.15) is 0 Å². The van der Waals surface area contributed by atoms with E-state index in [9.17, 15) is 4.79 Å². The van der Waals surface area contributed by atoms with Crippen molar-refractivity contribution in [2.45, 2.75) is 32.1 Å². The Bertz CT molecular complexity index is 355. The predicted molar refractivity (Wildman–Crippen MR) is 64.8 cm³/mol. The lowest BCUT2D eigenvalue weighted by molar-refractivity contribution is -0.118. The highest BCUT2D eigenvalue weighted by Gasteiger charge is 2.21. The molecule has 0 unspecified atom stereocenters. The molecule has 0 atom stereocenters. The fourth-order valence-electron chi connectivity index (χ4n) is 1.71. The number of carbonyl (C=O) groups excluding carboxylic acids is 1. The van der Waals surface area contributed by atoms with Gasteiger partial charge in [0.05, 0.1) is 0 Å². The predicted octanol–water partition coefficient (Wildman–Crippen LogP) is 3.75. The summed E-state index contributed by atoms with van der Waals surface area (Å²) in [6, 6.07) is 7.96. The van der Waals surface area contributed by atoms with Gasteiger partial charge < -0.3 is 0 Å². The van der Waals surface area contributed by atoms with Gasteiger partial charge in [-0.25, -0.2) is 0 Å². The molecule has 0 aliphatic heterocycles. The van der Waals surface area contributed by atoms with E-state index in [-0.39, 0.29) is 0 Å². The Balaban J connectivity index is 1.84. The van der Waals surface area contributed by atoms with Crippen LogP contribution >= 0.6 is 15.9 Å². The fourth-order valence-corrected chi connectivity index (χ4v) is 2.14. The minimum atomic E-state index is 0.369. The van der Waals surface area contributed by atoms with Gasteiger partial charge >= 0.3 is 0 Å². The van der Waals surface area contributed by atoms with Gasteiger partial charge in [0, 0.05) is 17.3 Å². The van der Waals surface area contributed by atoms with Gasteiger partial charge in [-0.05, 0) is 24.0 Å². The van der Waals surface area contributed by atoms with Crippen molar-refractivity contribution in [3.05, 3.63) is 34.3 Å². The zero-order valence-electron chi connectivity index (χ0n) is 8.71. The van der Waals surface area contributed by atoms with Gasteiger partial charge in [0.25, 0.3) is 0 Å². The second-order valence-electron chi connectivity index (χ2n) is 4.29. The van der Waals surface area contributed by atoms with Crippen molar-refractivity contribution in [1.29, 1.82) is 0 Å². The Hall–Kier alpha value is -0.630. The van der Waals surface area contributed by atoms with Crippen molar-refractivity contribution in [3.8, 4) is 0 Å². The van der Waals surface area contributed by atoms with Crippen LogP contribution in [0, 0.1) is 5.92 Å². The van der Waals surface area contributed by atoms with Crippen LogP contribution in [0.5, 0.6) is 0 Å². The third kappa shape index (κ3) is 3.45. The second kappa shape index (κ2) is 4.93. The summed E-state index contributed by atoms with van der Waals surface area (Å²) in [7, 11) is 0. The van der Waals surface area contributed by atoms with Crippen molar-refractivity contribution in [2.24, 2.45) is 5.92 Å². The summed E-state index contributed by atoms with van der Waals surface area (Å²) >= 11 is 3.46. The molecule has 1 saturated carbocycles. The molecule has 1 aliphatic rings. The molecule has 1 nitrogen and oxygen atoms in total. The maximum atomic E-state index is 11.7. The lowest BCUT2D eigenvalue weighted by Crippen LogP contribution is -2.03. The van der Waals surface area contributed by atoms with Crippen molar-refractivity contribution >= 4 is 21.7 Å². The van der Waals surface area contributed by atoms with Crippen LogP contribution in [-0.2, 0) is 11.2 Å². The van der Waals surface area contributed by atoms with E-state index in [1.807, 2.05) is 24.3 Å². The Morgan fingerprint density at radius 1 is 1.33 bits per heavy atom. The molecule has 2 rings (SSSR count). The number of hydrogen-bond donors (Lipinski definition) is 0. The van der Waals surface area contributed by atoms with Gasteiger partial charge in [-0.3, -0.25) is 4.79 Å². The summed E-state index contributed by atoms with van der Waals surface area (Å²) in [5.41, 5.74) is 1.11. The molecular weight excluding hydrogens is 252 g/mol. The van der Waals surface area contributed by atoms with Crippen LogP contribution in [0.25, 0.3) is 0 Å². The van der Waals surface area contributed by atoms with Gasteiger partial charge in [0.15, 0.2) is 0 Å². The lowest BCUT2D eigenvalue weighted by atomic mass is 10.0. The molecule has 80 valence electrons. The summed E-state index contributed by atoms with van der Waals surface area (Å²) in [4.78, 5) is 11.7. The maximum absolute atomic E-state index is 11.7. The van der Waals surface area contributed by atoms with E-state index >= 15 is 0 Å². The molecule has 1 aromatic carbocycles. The van der Waals surface area contributed by atoms with Crippen molar-refractivity contribution < 1.29 is 4.79 Å². The van der Waals surface area contributed by atoms with Crippen LogP contribution in [0.2, 0.25) is 0 Å². The zero-order valence-corrected chi connectivity index (χ0v) is 10.3. The Morgan fingerprint density at radius 3 is 2.73 bits per heavy atom. The first-order valence-electron chi connectivity index (χ1n) is 5.51. The number of hydrogen-bond acceptors (Lipinski definition) is 1. The Morgan fingerprint density at radius 2 is 2.07 bits per heavy atom. The summed E-state index contributed by atoms with van der Waals surface area (Å²) < 4.78 is 1.05. The van der Waals surface area contributed by atoms with Gasteiger partial charge in [-0.15, -0.1) is 0 Å². The average molecular weight is 267 g/mol. The second-order valence-corrected chi connectivity index (χ2v) is 5.14. The first-order valence-corrected chi connectivity index (χ1v) is 6.30. The first kappa shape index (κ1) is 10.9. The standard InChI is InChI=1S/C13H15BrO/c14-13-4-2-1-3-11(13)9-12(15)8-7-10-5-6-10/h1-4,10H,5-9H2. The van der Waals surface area contributed by atoms with Gasteiger partial charge in [0.1, 0.15) is 5.78 Å². The van der Waals surface area contributed by atoms with Crippen LogP contribution in [0.1, 0.15) is 31.2 Å². The van der Waals surface area contributed by atoms with E-state index in [1.54, 1.807) is 0 Å². The van der Waals surface area contributed by atoms with Gasteiger partial charge in [-0.1, -0.05) is 47.0 Å². The third-order valence-corrected chi connectivity index (χ3v) is 3.65. The quantitative estimate of drug-likeness (QED) is 0.794. The van der Waals surface area contributed by atoms with E-state index in [4.69, 9.17) is 0 Å². The van der Waals surface area contributed by atoms with Crippen LogP contribution in [0.4, 0.5) is 0 Å². The van der Waals surface area contributed by atoms with Crippen LogP contribution < -0.4 is 0 Å². The first-order chi connectivity index (χ1) is 7.25. The highest BCUT2D eigenvalue weighted by Crippen LogP contribution is 2.33. The molecule has 1 aromatic rings. The summed E-state index contributed by atoms with van der Waals surface area (Å²) in [6.07, 6.45) is 5.11. The Labute approximate surface area is 99.0 Å². The monoisotopic (exact) mass is 266 g/mol. The number of ketones is 1. The molecular formula is C13H15BrO. The summed E-state index contributed by atoms with van der Waals surface area (Å²) in [5.74, 6) is 1.22. The van der Waals surface area contributed by atoms with E-state index in [1.165, 1.54) is 12.8 Å². The number of halogens is 1. The molecule has 15 heavy (non-hydrogen) atoms. The molecule has 0 heterocycles. The minimum absolute atomic E-state index is 0.369. The summed E-state index contributed by atoms with van der Waals surface area (Å²) in [6.45, 7) is 0. The SMILES string of the molecule is O=C(CCC1CC1)Cc1ccccc1Br. The number of rotatable bonds is 5. The molecule has 1 aliphatic carbocycles. The third-order valence-electron chi connectivity index (χ3n) is 2.87. The Kier molecular flexibility index (Phi) is 3.57. The number of benzene rings is 1. The molecule has 0 bridgehead atoms. The zero-order chi connectivity index (χ0) is 10.7. The van der Waals surface area contributed by atoms with E-state index in [0.717, 1.165) is 28.8 Å². The molecule has 0 radical (unpaired) electrons. The topological polar surface area (TPSA) is 17.1 Å². The fraction of sp³-hybridized carbons (Fsp3) is 0.462. The smallest absolute Gasteiger partial charge is 0.137 e. The normalized spacial score (nSPS) is 15.3. The highest BCUT2D eigenvalue weighted by atomic mass is 79.9. The van der Waals surface area contributed by atoms with Crippen molar-refractivity contribution in [3.63, 3.8) is 0 Å². The summed E-state index contributed by atoms with van der Waals surface area (Å²) in [5, 5.41) is 0. The number of Topliss-reactive ketones (excluding diaryl/α,β-unsaturated/α-hetero) is 1. The van der Waals surface area contributed by atoms with Crippen LogP contribution in [0.15, 0.2) is 28.7 Å². The molecule has 0 aromatic heterocycles. The highest BCUT2D eigenvalue weighted by molar-refractivity contribution is 9.10. The van der Waals surface area contributed by atoms with Crippen molar-refractivity contribution in [1.82, 2.24) is 0 Å². The molecule has 0 spiro atoms.